The Balaban J connectivity index is 1.47. The fraction of sp³-hybridized carbons (Fsp3) is 0.350. The number of carbonyl (C=O) groups is 1. The molecule has 1 aliphatic rings. The van der Waals surface area contributed by atoms with Crippen LogP contribution in [0.5, 0.6) is 0 Å². The normalized spacial score (nSPS) is 17.7. The van der Waals surface area contributed by atoms with Crippen molar-refractivity contribution in [3.63, 3.8) is 0 Å². The molecule has 1 aliphatic heterocycles. The number of amides is 2. The number of carbonyl (C=O) groups excluding carboxylic acids is 1. The smallest absolute Gasteiger partial charge is 0.319 e. The van der Waals surface area contributed by atoms with Crippen LogP contribution in [0.4, 0.5) is 16.2 Å². The summed E-state index contributed by atoms with van der Waals surface area (Å²) in [6.45, 7) is 3.48. The van der Waals surface area contributed by atoms with Gasteiger partial charge in [-0.05, 0) is 49.6 Å². The van der Waals surface area contributed by atoms with E-state index in [2.05, 4.69) is 35.0 Å². The molecule has 2 unspecified atom stereocenters. The van der Waals surface area contributed by atoms with Gasteiger partial charge in [-0.25, -0.2) is 4.79 Å². The molecule has 0 aliphatic carbocycles. The third kappa shape index (κ3) is 5.22. The Morgan fingerprint density at radius 1 is 1.12 bits per heavy atom. The first-order valence-corrected chi connectivity index (χ1v) is 8.79. The minimum Gasteiger partial charge on any atom is -0.379 e. The molecule has 1 saturated heterocycles. The Hall–Kier alpha value is -2.53. The van der Waals surface area contributed by atoms with E-state index in [1.165, 1.54) is 5.56 Å². The Morgan fingerprint density at radius 3 is 2.52 bits per heavy atom. The van der Waals surface area contributed by atoms with Gasteiger partial charge in [-0.2, -0.15) is 0 Å². The summed E-state index contributed by atoms with van der Waals surface area (Å²) in [6.07, 6.45) is 2.24. The van der Waals surface area contributed by atoms with Crippen LogP contribution in [0.15, 0.2) is 54.6 Å². The molecule has 3 rings (SSSR count). The molecular weight excluding hydrogens is 314 g/mol. The van der Waals surface area contributed by atoms with Crippen molar-refractivity contribution in [1.29, 1.82) is 0 Å². The van der Waals surface area contributed by atoms with E-state index in [0.717, 1.165) is 30.8 Å². The molecule has 0 radical (unpaired) electrons. The molecule has 0 spiro atoms. The maximum Gasteiger partial charge on any atom is 0.319 e. The van der Waals surface area contributed by atoms with Crippen LogP contribution in [0, 0.1) is 0 Å². The van der Waals surface area contributed by atoms with Crippen molar-refractivity contribution < 1.29 is 9.53 Å². The number of ether oxygens (including phenoxy) is 1. The molecule has 0 aromatic heterocycles. The maximum absolute atomic E-state index is 11.9. The zero-order chi connectivity index (χ0) is 17.5. The van der Waals surface area contributed by atoms with Gasteiger partial charge in [0.25, 0.3) is 0 Å². The van der Waals surface area contributed by atoms with Gasteiger partial charge in [-0.3, -0.25) is 0 Å². The lowest BCUT2D eigenvalue weighted by molar-refractivity contribution is 0.112. The van der Waals surface area contributed by atoms with E-state index in [1.54, 1.807) is 0 Å². The lowest BCUT2D eigenvalue weighted by Crippen LogP contribution is -2.35. The SMILES string of the molecule is CC(Nc1ccc(NC(=O)NCC2CCCO2)cc1)c1ccccc1. The highest BCUT2D eigenvalue weighted by molar-refractivity contribution is 5.89. The number of benzene rings is 2. The van der Waals surface area contributed by atoms with Crippen LogP contribution in [0.1, 0.15) is 31.4 Å². The minimum absolute atomic E-state index is 0.150. The summed E-state index contributed by atoms with van der Waals surface area (Å²) in [5.74, 6) is 0. The molecule has 3 N–H and O–H groups in total. The number of nitrogens with one attached hydrogen (secondary N) is 3. The van der Waals surface area contributed by atoms with Gasteiger partial charge in [-0.1, -0.05) is 30.3 Å². The Bertz CT molecular complexity index is 667. The van der Waals surface area contributed by atoms with E-state index >= 15 is 0 Å². The zero-order valence-electron chi connectivity index (χ0n) is 14.5. The van der Waals surface area contributed by atoms with Crippen LogP contribution >= 0.6 is 0 Å². The fourth-order valence-electron chi connectivity index (χ4n) is 2.91. The minimum atomic E-state index is -0.200. The van der Waals surface area contributed by atoms with E-state index in [0.29, 0.717) is 6.54 Å². The molecule has 0 saturated carbocycles. The molecule has 132 valence electrons. The molecule has 2 aromatic carbocycles. The van der Waals surface area contributed by atoms with Crippen LogP contribution in [0.2, 0.25) is 0 Å². The summed E-state index contributed by atoms with van der Waals surface area (Å²) in [5.41, 5.74) is 3.02. The van der Waals surface area contributed by atoms with Crippen LogP contribution in [-0.4, -0.2) is 25.3 Å². The third-order valence-corrected chi connectivity index (χ3v) is 4.34. The van der Waals surface area contributed by atoms with Gasteiger partial charge >= 0.3 is 6.03 Å². The van der Waals surface area contributed by atoms with Gasteiger partial charge in [0.15, 0.2) is 0 Å². The second-order valence-corrected chi connectivity index (χ2v) is 6.32. The van der Waals surface area contributed by atoms with Crippen LogP contribution < -0.4 is 16.0 Å². The average molecular weight is 339 g/mol. The Labute approximate surface area is 148 Å². The summed E-state index contributed by atoms with van der Waals surface area (Å²) >= 11 is 0. The third-order valence-electron chi connectivity index (χ3n) is 4.34. The summed E-state index contributed by atoms with van der Waals surface area (Å²) in [4.78, 5) is 11.9. The maximum atomic E-state index is 11.9. The molecule has 25 heavy (non-hydrogen) atoms. The van der Waals surface area contributed by atoms with E-state index in [9.17, 15) is 4.79 Å². The monoisotopic (exact) mass is 339 g/mol. The second kappa shape index (κ2) is 8.53. The highest BCUT2D eigenvalue weighted by atomic mass is 16.5. The summed E-state index contributed by atoms with van der Waals surface area (Å²) in [7, 11) is 0. The van der Waals surface area contributed by atoms with Gasteiger partial charge in [0.1, 0.15) is 0 Å². The van der Waals surface area contributed by atoms with Gasteiger partial charge in [0.2, 0.25) is 0 Å². The van der Waals surface area contributed by atoms with Crippen molar-refractivity contribution in [3.8, 4) is 0 Å². The van der Waals surface area contributed by atoms with Crippen LogP contribution in [0.25, 0.3) is 0 Å². The molecule has 5 heteroatoms. The van der Waals surface area contributed by atoms with E-state index in [-0.39, 0.29) is 18.2 Å². The highest BCUT2D eigenvalue weighted by Crippen LogP contribution is 2.20. The van der Waals surface area contributed by atoms with Crippen molar-refractivity contribution >= 4 is 17.4 Å². The quantitative estimate of drug-likeness (QED) is 0.740. The highest BCUT2D eigenvalue weighted by Gasteiger charge is 2.16. The lowest BCUT2D eigenvalue weighted by atomic mass is 10.1. The average Bonchev–Trinajstić information content (AvgIpc) is 3.16. The Kier molecular flexibility index (Phi) is 5.90. The Morgan fingerprint density at radius 2 is 1.84 bits per heavy atom. The van der Waals surface area contributed by atoms with Crippen molar-refractivity contribution in [2.24, 2.45) is 0 Å². The van der Waals surface area contributed by atoms with Crippen molar-refractivity contribution in [2.75, 3.05) is 23.8 Å². The van der Waals surface area contributed by atoms with Gasteiger partial charge < -0.3 is 20.7 Å². The summed E-state index contributed by atoms with van der Waals surface area (Å²) in [5, 5.41) is 9.15. The largest absolute Gasteiger partial charge is 0.379 e. The second-order valence-electron chi connectivity index (χ2n) is 6.32. The number of hydrogen-bond acceptors (Lipinski definition) is 3. The van der Waals surface area contributed by atoms with Crippen molar-refractivity contribution in [3.05, 3.63) is 60.2 Å². The van der Waals surface area contributed by atoms with Crippen molar-refractivity contribution in [1.82, 2.24) is 5.32 Å². The van der Waals surface area contributed by atoms with Gasteiger partial charge in [0, 0.05) is 30.6 Å². The molecule has 2 aromatic rings. The lowest BCUT2D eigenvalue weighted by Gasteiger charge is -2.16. The first kappa shape index (κ1) is 17.3. The standard InChI is InChI=1S/C20H25N3O2/c1-15(16-6-3-2-4-7-16)22-17-9-11-18(12-10-17)23-20(24)21-14-19-8-5-13-25-19/h2-4,6-7,9-12,15,19,22H,5,8,13-14H2,1H3,(H2,21,23,24). The van der Waals surface area contributed by atoms with Crippen LogP contribution in [-0.2, 0) is 4.74 Å². The molecule has 5 nitrogen and oxygen atoms in total. The number of rotatable bonds is 6. The first-order chi connectivity index (χ1) is 12.2. The van der Waals surface area contributed by atoms with Gasteiger partial charge in [-0.15, -0.1) is 0 Å². The molecule has 1 heterocycles. The summed E-state index contributed by atoms with van der Waals surface area (Å²) < 4.78 is 5.49. The number of urea groups is 1. The van der Waals surface area contributed by atoms with E-state index in [1.807, 2.05) is 42.5 Å². The number of anilines is 2. The van der Waals surface area contributed by atoms with Crippen LogP contribution in [0.3, 0.4) is 0 Å². The fourth-order valence-corrected chi connectivity index (χ4v) is 2.91. The van der Waals surface area contributed by atoms with E-state index in [4.69, 9.17) is 4.74 Å². The van der Waals surface area contributed by atoms with Gasteiger partial charge in [0.05, 0.1) is 6.10 Å². The summed E-state index contributed by atoms with van der Waals surface area (Å²) in [6, 6.07) is 18.0. The molecule has 2 atom stereocenters. The van der Waals surface area contributed by atoms with E-state index < -0.39 is 0 Å². The zero-order valence-corrected chi connectivity index (χ0v) is 14.5. The molecule has 2 amide bonds. The topological polar surface area (TPSA) is 62.4 Å². The number of hydrogen-bond donors (Lipinski definition) is 3. The first-order valence-electron chi connectivity index (χ1n) is 8.79. The predicted octanol–water partition coefficient (Wildman–Crippen LogP) is 4.16. The molecule has 1 fully saturated rings. The predicted molar refractivity (Wildman–Crippen MR) is 101 cm³/mol. The van der Waals surface area contributed by atoms with Crippen molar-refractivity contribution in [2.45, 2.75) is 31.9 Å². The molecular formula is C20H25N3O2. The molecule has 0 bridgehead atoms.